The molecule has 0 saturated heterocycles. The molecule has 0 spiro atoms. The van der Waals surface area contributed by atoms with Crippen molar-refractivity contribution in [2.75, 3.05) is 17.2 Å². The molecule has 100 valence electrons. The van der Waals surface area contributed by atoms with Crippen LogP contribution in [-0.4, -0.2) is 26.5 Å². The van der Waals surface area contributed by atoms with Gasteiger partial charge in [0.15, 0.2) is 0 Å². The summed E-state index contributed by atoms with van der Waals surface area (Å²) in [6.07, 6.45) is 5.82. The molecule has 0 bridgehead atoms. The monoisotopic (exact) mass is 322 g/mol. The first kappa shape index (κ1) is 13.7. The van der Waals surface area contributed by atoms with Crippen molar-refractivity contribution in [2.24, 2.45) is 0 Å². The zero-order valence-electron chi connectivity index (χ0n) is 10.6. The molecular weight excluding hydrogens is 308 g/mol. The second-order valence-electron chi connectivity index (χ2n) is 3.87. The van der Waals surface area contributed by atoms with E-state index in [2.05, 4.69) is 53.4 Å². The normalized spacial score (nSPS) is 10.2. The van der Waals surface area contributed by atoms with E-state index in [1.165, 1.54) is 12.7 Å². The number of nitrogens with one attached hydrogen (secondary N) is 2. The van der Waals surface area contributed by atoms with E-state index in [1.54, 1.807) is 6.20 Å². The molecular formula is C12H15BrN6. The summed E-state index contributed by atoms with van der Waals surface area (Å²) in [7, 11) is 0. The quantitative estimate of drug-likeness (QED) is 0.850. The van der Waals surface area contributed by atoms with Crippen molar-refractivity contribution >= 4 is 27.6 Å². The van der Waals surface area contributed by atoms with E-state index < -0.39 is 0 Å². The maximum absolute atomic E-state index is 4.21. The first-order valence-electron chi connectivity index (χ1n) is 6.04. The number of halogens is 1. The van der Waals surface area contributed by atoms with E-state index >= 15 is 0 Å². The van der Waals surface area contributed by atoms with Gasteiger partial charge in [0.05, 0.1) is 12.2 Å². The minimum Gasteiger partial charge on any atom is -0.369 e. The third kappa shape index (κ3) is 3.85. The van der Waals surface area contributed by atoms with Crippen molar-refractivity contribution < 1.29 is 0 Å². The highest BCUT2D eigenvalue weighted by molar-refractivity contribution is 9.10. The van der Waals surface area contributed by atoms with Crippen molar-refractivity contribution in [3.05, 3.63) is 35.1 Å². The lowest BCUT2D eigenvalue weighted by atomic mass is 10.4. The van der Waals surface area contributed by atoms with Crippen molar-refractivity contribution in [2.45, 2.75) is 19.9 Å². The summed E-state index contributed by atoms with van der Waals surface area (Å²) in [6.45, 7) is 3.57. The Kier molecular flexibility index (Phi) is 5.02. The van der Waals surface area contributed by atoms with Crippen LogP contribution in [0.1, 0.15) is 19.0 Å². The van der Waals surface area contributed by atoms with E-state index in [-0.39, 0.29) is 0 Å². The molecule has 2 heterocycles. The van der Waals surface area contributed by atoms with Gasteiger partial charge < -0.3 is 10.6 Å². The molecule has 7 heteroatoms. The van der Waals surface area contributed by atoms with Crippen molar-refractivity contribution in [1.82, 2.24) is 19.9 Å². The summed E-state index contributed by atoms with van der Waals surface area (Å²) in [5.74, 6) is 1.54. The van der Waals surface area contributed by atoms with E-state index in [0.717, 1.165) is 34.8 Å². The van der Waals surface area contributed by atoms with E-state index in [0.29, 0.717) is 6.54 Å². The molecule has 0 atom stereocenters. The molecule has 6 nitrogen and oxygen atoms in total. The van der Waals surface area contributed by atoms with Gasteiger partial charge >= 0.3 is 0 Å². The molecule has 0 aromatic carbocycles. The summed E-state index contributed by atoms with van der Waals surface area (Å²) in [5, 5.41) is 6.46. The molecule has 0 aliphatic rings. The lowest BCUT2D eigenvalue weighted by Crippen LogP contribution is -2.08. The standard InChI is InChI=1S/C12H15BrN6/c1-2-4-15-11-10(13)12(19-8-18-11)16-6-9-3-5-14-7-17-9/h3,5,7-8H,2,4,6H2,1H3,(H2,15,16,18,19). The van der Waals surface area contributed by atoms with Crippen molar-refractivity contribution in [3.8, 4) is 0 Å². The Morgan fingerprint density at radius 2 is 1.89 bits per heavy atom. The Morgan fingerprint density at radius 1 is 1.11 bits per heavy atom. The van der Waals surface area contributed by atoms with Gasteiger partial charge in [-0.25, -0.2) is 19.9 Å². The Bertz CT molecular complexity index is 519. The van der Waals surface area contributed by atoms with Gasteiger partial charge in [-0.15, -0.1) is 0 Å². The molecule has 19 heavy (non-hydrogen) atoms. The Hall–Kier alpha value is -1.76. The van der Waals surface area contributed by atoms with Crippen molar-refractivity contribution in [1.29, 1.82) is 0 Å². The minimum absolute atomic E-state index is 0.589. The number of anilines is 2. The lowest BCUT2D eigenvalue weighted by Gasteiger charge is -2.10. The number of aromatic nitrogens is 4. The number of rotatable bonds is 6. The molecule has 0 saturated carbocycles. The Balaban J connectivity index is 2.04. The molecule has 2 N–H and O–H groups in total. The Morgan fingerprint density at radius 3 is 2.58 bits per heavy atom. The van der Waals surface area contributed by atoms with E-state index in [1.807, 2.05) is 6.07 Å². The summed E-state index contributed by atoms with van der Waals surface area (Å²) in [4.78, 5) is 16.4. The van der Waals surface area contributed by atoms with Gasteiger partial charge in [0.1, 0.15) is 28.8 Å². The fourth-order valence-electron chi connectivity index (χ4n) is 1.46. The van der Waals surface area contributed by atoms with Gasteiger partial charge in [0, 0.05) is 12.7 Å². The Labute approximate surface area is 120 Å². The molecule has 2 aromatic heterocycles. The van der Waals surface area contributed by atoms with Crippen LogP contribution in [0, 0.1) is 0 Å². The highest BCUT2D eigenvalue weighted by atomic mass is 79.9. The third-order valence-corrected chi connectivity index (χ3v) is 3.16. The molecule has 0 amide bonds. The van der Waals surface area contributed by atoms with Crippen LogP contribution in [0.4, 0.5) is 11.6 Å². The van der Waals surface area contributed by atoms with Crippen LogP contribution in [0.5, 0.6) is 0 Å². The zero-order valence-corrected chi connectivity index (χ0v) is 12.2. The third-order valence-electron chi connectivity index (χ3n) is 2.41. The van der Waals surface area contributed by atoms with Crippen LogP contribution in [-0.2, 0) is 6.54 Å². The van der Waals surface area contributed by atoms with Gasteiger partial charge in [0.2, 0.25) is 0 Å². The molecule has 0 unspecified atom stereocenters. The first-order chi connectivity index (χ1) is 9.31. The average Bonchev–Trinajstić information content (AvgIpc) is 2.46. The van der Waals surface area contributed by atoms with Crippen molar-refractivity contribution in [3.63, 3.8) is 0 Å². The first-order valence-corrected chi connectivity index (χ1v) is 6.83. The SMILES string of the molecule is CCCNc1ncnc(NCc2ccncn2)c1Br. The summed E-state index contributed by atoms with van der Waals surface area (Å²) in [5.41, 5.74) is 0.906. The summed E-state index contributed by atoms with van der Waals surface area (Å²) in [6, 6.07) is 1.86. The summed E-state index contributed by atoms with van der Waals surface area (Å²) >= 11 is 3.50. The minimum atomic E-state index is 0.589. The summed E-state index contributed by atoms with van der Waals surface area (Å²) < 4.78 is 0.831. The maximum Gasteiger partial charge on any atom is 0.146 e. The predicted molar refractivity (Wildman–Crippen MR) is 77.9 cm³/mol. The second kappa shape index (κ2) is 6.98. The highest BCUT2D eigenvalue weighted by Crippen LogP contribution is 2.26. The van der Waals surface area contributed by atoms with Gasteiger partial charge in [-0.2, -0.15) is 0 Å². The molecule has 0 radical (unpaired) electrons. The van der Waals surface area contributed by atoms with Gasteiger partial charge in [0.25, 0.3) is 0 Å². The fraction of sp³-hybridized carbons (Fsp3) is 0.333. The second-order valence-corrected chi connectivity index (χ2v) is 4.66. The molecule has 0 fully saturated rings. The van der Waals surface area contributed by atoms with Crippen LogP contribution in [0.2, 0.25) is 0 Å². The number of hydrogen-bond donors (Lipinski definition) is 2. The predicted octanol–water partition coefficient (Wildman–Crippen LogP) is 2.46. The number of nitrogens with zero attached hydrogens (tertiary/aromatic N) is 4. The molecule has 2 rings (SSSR count). The van der Waals surface area contributed by atoms with Crippen LogP contribution in [0.3, 0.4) is 0 Å². The van der Waals surface area contributed by atoms with Crippen LogP contribution in [0.15, 0.2) is 29.4 Å². The lowest BCUT2D eigenvalue weighted by molar-refractivity contribution is 0.955. The largest absolute Gasteiger partial charge is 0.369 e. The maximum atomic E-state index is 4.21. The van der Waals surface area contributed by atoms with Crippen LogP contribution in [0.25, 0.3) is 0 Å². The van der Waals surface area contributed by atoms with Gasteiger partial charge in [-0.1, -0.05) is 6.92 Å². The van der Waals surface area contributed by atoms with Crippen LogP contribution >= 0.6 is 15.9 Å². The molecule has 0 aliphatic carbocycles. The highest BCUT2D eigenvalue weighted by Gasteiger charge is 2.07. The van der Waals surface area contributed by atoms with Gasteiger partial charge in [-0.3, -0.25) is 0 Å². The molecule has 0 aliphatic heterocycles. The van der Waals surface area contributed by atoms with E-state index in [9.17, 15) is 0 Å². The topological polar surface area (TPSA) is 75.6 Å². The van der Waals surface area contributed by atoms with Gasteiger partial charge in [-0.05, 0) is 28.4 Å². The smallest absolute Gasteiger partial charge is 0.146 e. The average molecular weight is 323 g/mol. The fourth-order valence-corrected chi connectivity index (χ4v) is 1.94. The number of hydrogen-bond acceptors (Lipinski definition) is 6. The molecule has 2 aromatic rings. The zero-order chi connectivity index (χ0) is 13.5. The van der Waals surface area contributed by atoms with E-state index in [4.69, 9.17) is 0 Å². The van der Waals surface area contributed by atoms with Crippen LogP contribution < -0.4 is 10.6 Å².